The molecule has 0 bridgehead atoms. The van der Waals surface area contributed by atoms with E-state index in [0.29, 0.717) is 17.5 Å². The van der Waals surface area contributed by atoms with Gasteiger partial charge in [-0.25, -0.2) is 0 Å². The molecule has 0 amide bonds. The summed E-state index contributed by atoms with van der Waals surface area (Å²) in [6.45, 7) is 1.45. The first kappa shape index (κ1) is 17.9. The Morgan fingerprint density at radius 2 is 1.92 bits per heavy atom. The van der Waals surface area contributed by atoms with Crippen molar-refractivity contribution < 1.29 is 29.3 Å². The lowest BCUT2D eigenvalue weighted by molar-refractivity contribution is 0.0914. The second kappa shape index (κ2) is 7.42. The van der Waals surface area contributed by atoms with E-state index >= 15 is 0 Å². The molecule has 0 radical (unpaired) electrons. The Labute approximate surface area is 140 Å². The Morgan fingerprint density at radius 1 is 1.21 bits per heavy atom. The number of allylic oxidation sites excluding steroid dienone is 3. The fraction of sp³-hybridized carbons (Fsp3) is 0.333. The van der Waals surface area contributed by atoms with Crippen molar-refractivity contribution in [1.29, 1.82) is 0 Å². The first-order valence-electron chi connectivity index (χ1n) is 7.48. The van der Waals surface area contributed by atoms with Crippen molar-refractivity contribution in [1.82, 2.24) is 0 Å². The van der Waals surface area contributed by atoms with Crippen molar-refractivity contribution in [3.8, 4) is 5.75 Å². The average Bonchev–Trinajstić information content (AvgIpc) is 2.56. The van der Waals surface area contributed by atoms with Crippen LogP contribution in [-0.4, -0.2) is 42.6 Å². The van der Waals surface area contributed by atoms with Gasteiger partial charge in [0.05, 0.1) is 32.5 Å². The minimum atomic E-state index is -0.890. The van der Waals surface area contributed by atoms with Crippen molar-refractivity contribution in [2.24, 2.45) is 0 Å². The van der Waals surface area contributed by atoms with Crippen LogP contribution in [0.5, 0.6) is 5.75 Å². The summed E-state index contributed by atoms with van der Waals surface area (Å²) in [4.78, 5) is 24.9. The number of benzene rings is 1. The highest BCUT2D eigenvalue weighted by Gasteiger charge is 2.33. The highest BCUT2D eigenvalue weighted by atomic mass is 16.5. The van der Waals surface area contributed by atoms with E-state index in [1.165, 1.54) is 14.2 Å². The number of hydrogen-bond acceptors (Lipinski definition) is 6. The first-order chi connectivity index (χ1) is 11.5. The lowest BCUT2D eigenvalue weighted by atomic mass is 9.85. The van der Waals surface area contributed by atoms with Crippen molar-refractivity contribution in [2.45, 2.75) is 19.4 Å². The van der Waals surface area contributed by atoms with Gasteiger partial charge < -0.3 is 19.7 Å². The molecule has 0 saturated heterocycles. The Morgan fingerprint density at radius 3 is 2.46 bits per heavy atom. The summed E-state index contributed by atoms with van der Waals surface area (Å²) < 4.78 is 10.3. The zero-order chi connectivity index (χ0) is 17.9. The van der Waals surface area contributed by atoms with Gasteiger partial charge in [-0.1, -0.05) is 12.2 Å². The first-order valence-corrected chi connectivity index (χ1v) is 7.48. The number of rotatable bonds is 6. The number of fused-ring (bicyclic) bond motifs is 1. The third-order valence-corrected chi connectivity index (χ3v) is 3.83. The lowest BCUT2D eigenvalue weighted by Crippen LogP contribution is -2.21. The van der Waals surface area contributed by atoms with Gasteiger partial charge in [0.15, 0.2) is 11.5 Å². The van der Waals surface area contributed by atoms with Crippen LogP contribution in [-0.2, 0) is 11.2 Å². The maximum Gasteiger partial charge on any atom is 0.228 e. The van der Waals surface area contributed by atoms with Crippen LogP contribution in [0.4, 0.5) is 0 Å². The third kappa shape index (κ3) is 3.11. The normalized spacial score (nSPS) is 15.3. The van der Waals surface area contributed by atoms with Gasteiger partial charge in [-0.2, -0.15) is 0 Å². The van der Waals surface area contributed by atoms with Gasteiger partial charge >= 0.3 is 0 Å². The minimum Gasteiger partial charge on any atom is -0.496 e. The molecule has 0 saturated carbocycles. The molecule has 6 nitrogen and oxygen atoms in total. The van der Waals surface area contributed by atoms with Crippen LogP contribution in [0.2, 0.25) is 0 Å². The summed E-state index contributed by atoms with van der Waals surface area (Å²) in [5.41, 5.74) is 1.42. The zero-order valence-electron chi connectivity index (χ0n) is 13.8. The van der Waals surface area contributed by atoms with Crippen molar-refractivity contribution in [2.75, 3.05) is 20.8 Å². The van der Waals surface area contributed by atoms with Crippen LogP contribution in [0.15, 0.2) is 30.1 Å². The molecule has 2 rings (SSSR count). The molecule has 1 aliphatic rings. The number of carbonyl (C=O) groups is 2. The molecule has 0 heterocycles. The predicted octanol–water partition coefficient (Wildman–Crippen LogP) is 1.75. The number of ketones is 2. The van der Waals surface area contributed by atoms with Gasteiger partial charge in [0.1, 0.15) is 5.75 Å². The van der Waals surface area contributed by atoms with Gasteiger partial charge in [0.2, 0.25) is 5.78 Å². The summed E-state index contributed by atoms with van der Waals surface area (Å²) >= 11 is 0. The fourth-order valence-corrected chi connectivity index (χ4v) is 2.82. The van der Waals surface area contributed by atoms with E-state index in [-0.39, 0.29) is 29.2 Å². The van der Waals surface area contributed by atoms with Crippen molar-refractivity contribution >= 4 is 11.6 Å². The molecule has 1 atom stereocenters. The summed E-state index contributed by atoms with van der Waals surface area (Å²) in [5.74, 6) is -0.650. The van der Waals surface area contributed by atoms with Crippen LogP contribution in [0.1, 0.15) is 44.9 Å². The molecule has 1 unspecified atom stereocenters. The summed E-state index contributed by atoms with van der Waals surface area (Å²) in [7, 11) is 2.72. The quantitative estimate of drug-likeness (QED) is 0.771. The van der Waals surface area contributed by atoms with Crippen LogP contribution in [0, 0.1) is 0 Å². The molecular weight excluding hydrogens is 312 g/mol. The summed E-state index contributed by atoms with van der Waals surface area (Å²) in [5, 5.41) is 19.0. The molecule has 0 aromatic heterocycles. The van der Waals surface area contributed by atoms with Crippen LogP contribution < -0.4 is 4.74 Å². The highest BCUT2D eigenvalue weighted by Crippen LogP contribution is 2.38. The second-order valence-corrected chi connectivity index (χ2v) is 5.35. The third-order valence-electron chi connectivity index (χ3n) is 3.83. The second-order valence-electron chi connectivity index (χ2n) is 5.35. The molecule has 0 aliphatic heterocycles. The number of ether oxygens (including phenoxy) is 2. The maximum absolute atomic E-state index is 12.5. The van der Waals surface area contributed by atoms with E-state index in [2.05, 4.69) is 0 Å². The van der Waals surface area contributed by atoms with Gasteiger partial charge in [-0.05, 0) is 25.0 Å². The molecule has 0 fully saturated rings. The fourth-order valence-electron chi connectivity index (χ4n) is 2.82. The highest BCUT2D eigenvalue weighted by molar-refractivity contribution is 6.25. The molecule has 1 aliphatic carbocycles. The van der Waals surface area contributed by atoms with E-state index in [0.717, 1.165) is 6.08 Å². The predicted molar refractivity (Wildman–Crippen MR) is 87.3 cm³/mol. The van der Waals surface area contributed by atoms with E-state index in [9.17, 15) is 14.7 Å². The summed E-state index contributed by atoms with van der Waals surface area (Å²) in [6, 6.07) is 1.58. The number of aliphatic hydroxyl groups excluding tert-OH is 2. The Balaban J connectivity index is 2.73. The Kier molecular flexibility index (Phi) is 5.54. The number of aliphatic hydroxyl groups is 2. The van der Waals surface area contributed by atoms with E-state index in [4.69, 9.17) is 14.6 Å². The standard InChI is InChI=1S/C18H20O6/c1-10(20)15-11(6-4-5-7-19)8-12-16(18(15)24-3)13(21)9-14(23-2)17(12)22/h4-5,8-10,19-20H,6-7H2,1-3H3/b5-4+. The number of Topliss-reactive ketones (excluding diaryl/α,β-unsaturated/α-hetero) is 1. The summed E-state index contributed by atoms with van der Waals surface area (Å²) in [6.07, 6.45) is 3.89. The molecule has 1 aromatic rings. The largest absolute Gasteiger partial charge is 0.496 e. The van der Waals surface area contributed by atoms with Gasteiger partial charge in [0.25, 0.3) is 0 Å². The molecule has 1 aromatic carbocycles. The number of methoxy groups -OCH3 is 2. The smallest absolute Gasteiger partial charge is 0.228 e. The SMILES string of the molecule is COC1=CC(=O)c2c(cc(C/C=C/CO)c(C(C)O)c2OC)C1=O. The van der Waals surface area contributed by atoms with Gasteiger partial charge in [0, 0.05) is 17.2 Å². The Bertz CT molecular complexity index is 728. The number of hydrogen-bond donors (Lipinski definition) is 2. The molecule has 24 heavy (non-hydrogen) atoms. The van der Waals surface area contributed by atoms with Crippen LogP contribution in [0.25, 0.3) is 0 Å². The van der Waals surface area contributed by atoms with Crippen LogP contribution >= 0.6 is 0 Å². The topological polar surface area (TPSA) is 93.1 Å². The average molecular weight is 332 g/mol. The van der Waals surface area contributed by atoms with E-state index in [1.54, 1.807) is 25.1 Å². The van der Waals surface area contributed by atoms with E-state index < -0.39 is 17.7 Å². The monoisotopic (exact) mass is 332 g/mol. The zero-order valence-corrected chi connectivity index (χ0v) is 13.8. The van der Waals surface area contributed by atoms with E-state index in [1.807, 2.05) is 0 Å². The molecular formula is C18H20O6. The molecule has 6 heteroatoms. The van der Waals surface area contributed by atoms with Crippen molar-refractivity contribution in [3.63, 3.8) is 0 Å². The van der Waals surface area contributed by atoms with Crippen molar-refractivity contribution in [3.05, 3.63) is 52.3 Å². The molecule has 0 spiro atoms. The van der Waals surface area contributed by atoms with Gasteiger partial charge in [-0.3, -0.25) is 9.59 Å². The minimum absolute atomic E-state index is 0.0313. The number of carbonyl (C=O) groups excluding carboxylic acids is 2. The maximum atomic E-state index is 12.5. The van der Waals surface area contributed by atoms with Gasteiger partial charge in [-0.15, -0.1) is 0 Å². The Hall–Kier alpha value is -2.44. The van der Waals surface area contributed by atoms with Crippen LogP contribution in [0.3, 0.4) is 0 Å². The lowest BCUT2D eigenvalue weighted by Gasteiger charge is -2.23. The molecule has 2 N–H and O–H groups in total. The molecule has 128 valence electrons.